The molecule has 0 unspecified atom stereocenters. The van der Waals surface area contributed by atoms with E-state index in [9.17, 15) is 9.59 Å². The summed E-state index contributed by atoms with van der Waals surface area (Å²) in [6.45, 7) is 0. The summed E-state index contributed by atoms with van der Waals surface area (Å²) >= 11 is 12.2. The van der Waals surface area contributed by atoms with E-state index >= 15 is 0 Å². The molecule has 4 aromatic rings. The highest BCUT2D eigenvalue weighted by atomic mass is 35.5. The van der Waals surface area contributed by atoms with Gasteiger partial charge in [0.05, 0.1) is 17.8 Å². The molecular weight excluding hydrogens is 417 g/mol. The van der Waals surface area contributed by atoms with Crippen LogP contribution in [0.5, 0.6) is 5.75 Å². The van der Waals surface area contributed by atoms with Crippen LogP contribution in [-0.2, 0) is 0 Å². The van der Waals surface area contributed by atoms with Gasteiger partial charge in [-0.1, -0.05) is 35.3 Å². The Hall–Kier alpha value is -3.36. The number of rotatable bonds is 4. The Labute approximate surface area is 173 Å². The first-order chi connectivity index (χ1) is 13.9. The van der Waals surface area contributed by atoms with Gasteiger partial charge in [-0.15, -0.1) is 0 Å². The van der Waals surface area contributed by atoms with E-state index in [4.69, 9.17) is 33.7 Å². The van der Waals surface area contributed by atoms with Crippen LogP contribution in [0.25, 0.3) is 28.2 Å². The van der Waals surface area contributed by atoms with Crippen molar-refractivity contribution in [3.8, 4) is 22.8 Å². The summed E-state index contributed by atoms with van der Waals surface area (Å²) in [5.41, 5.74) is 5.98. The Morgan fingerprint density at radius 3 is 2.62 bits per heavy atom. The Morgan fingerprint density at radius 1 is 1.17 bits per heavy atom. The van der Waals surface area contributed by atoms with Crippen LogP contribution >= 0.6 is 23.2 Å². The molecule has 2 aromatic carbocycles. The maximum absolute atomic E-state index is 12.7. The molecule has 0 saturated carbocycles. The van der Waals surface area contributed by atoms with E-state index in [1.165, 1.54) is 17.7 Å². The number of hydrogen-bond acceptors (Lipinski definition) is 5. The van der Waals surface area contributed by atoms with E-state index in [1.807, 2.05) is 0 Å². The summed E-state index contributed by atoms with van der Waals surface area (Å²) in [5, 5.41) is 0.719. The van der Waals surface area contributed by atoms with Gasteiger partial charge >= 0.3 is 5.69 Å². The summed E-state index contributed by atoms with van der Waals surface area (Å²) in [6, 6.07) is 11.7. The third kappa shape index (κ3) is 3.22. The summed E-state index contributed by atoms with van der Waals surface area (Å²) in [5.74, 6) is -0.256. The van der Waals surface area contributed by atoms with Crippen molar-refractivity contribution in [1.82, 2.24) is 19.5 Å². The first kappa shape index (κ1) is 19.0. The number of aromatic amines is 1. The van der Waals surface area contributed by atoms with Gasteiger partial charge < -0.3 is 15.5 Å². The van der Waals surface area contributed by atoms with Gasteiger partial charge in [0.2, 0.25) is 0 Å². The van der Waals surface area contributed by atoms with E-state index in [1.54, 1.807) is 36.4 Å². The van der Waals surface area contributed by atoms with Gasteiger partial charge in [-0.25, -0.2) is 19.3 Å². The van der Waals surface area contributed by atoms with Crippen LogP contribution in [0.4, 0.5) is 0 Å². The number of benzene rings is 2. The first-order valence-corrected chi connectivity index (χ1v) is 9.07. The summed E-state index contributed by atoms with van der Waals surface area (Å²) in [6.07, 6.45) is 0. The fourth-order valence-electron chi connectivity index (χ4n) is 2.99. The number of aromatic nitrogens is 4. The largest absolute Gasteiger partial charge is 0.495 e. The number of ether oxygens (including phenoxy) is 1. The standard InChI is InChI=1S/C19H13Cl2N5O3/c1-29-13-5-3-2-4-12(13)26-18-15(24-19(26)28)14(16(22)27)23-17(25-18)10-7-6-9(20)8-11(10)21/h2-8H,1H3,(H2,22,27)(H,24,28). The number of nitrogens with zero attached hydrogens (tertiary/aromatic N) is 3. The monoisotopic (exact) mass is 429 g/mol. The Balaban J connectivity index is 2.09. The van der Waals surface area contributed by atoms with Crippen molar-refractivity contribution in [2.45, 2.75) is 0 Å². The predicted octanol–water partition coefficient (Wildman–Crippen LogP) is 3.19. The topological polar surface area (TPSA) is 116 Å². The molecule has 0 saturated heterocycles. The van der Waals surface area contributed by atoms with Crippen molar-refractivity contribution < 1.29 is 9.53 Å². The number of amides is 1. The maximum Gasteiger partial charge on any atom is 0.332 e. The lowest BCUT2D eigenvalue weighted by Gasteiger charge is -2.10. The fraction of sp³-hybridized carbons (Fsp3) is 0.0526. The highest BCUT2D eigenvalue weighted by Gasteiger charge is 2.22. The fourth-order valence-corrected chi connectivity index (χ4v) is 3.49. The number of halogens is 2. The molecular formula is C19H13Cl2N5O3. The van der Waals surface area contributed by atoms with Crippen molar-refractivity contribution in [2.24, 2.45) is 5.73 Å². The molecule has 0 bridgehead atoms. The molecule has 10 heteroatoms. The van der Waals surface area contributed by atoms with Gasteiger partial charge in [-0.2, -0.15) is 0 Å². The lowest BCUT2D eigenvalue weighted by atomic mass is 10.2. The number of para-hydroxylation sites is 2. The smallest absolute Gasteiger partial charge is 0.332 e. The van der Waals surface area contributed by atoms with Crippen LogP contribution in [0.15, 0.2) is 47.3 Å². The average Bonchev–Trinajstić information content (AvgIpc) is 3.02. The third-order valence-corrected chi connectivity index (χ3v) is 4.82. The third-order valence-electron chi connectivity index (χ3n) is 4.27. The van der Waals surface area contributed by atoms with Gasteiger partial charge in [0, 0.05) is 10.6 Å². The minimum absolute atomic E-state index is 0.113. The molecule has 4 rings (SSSR count). The minimum atomic E-state index is -0.822. The number of primary amides is 1. The number of H-pyrrole nitrogens is 1. The van der Waals surface area contributed by atoms with Gasteiger partial charge in [0.15, 0.2) is 17.2 Å². The van der Waals surface area contributed by atoms with Crippen LogP contribution in [0.2, 0.25) is 10.0 Å². The lowest BCUT2D eigenvalue weighted by Crippen LogP contribution is -2.16. The van der Waals surface area contributed by atoms with E-state index in [2.05, 4.69) is 15.0 Å². The SMILES string of the molecule is COc1ccccc1-n1c(=O)[nH]c2c(C(N)=O)nc(-c3ccc(Cl)cc3Cl)nc21. The second-order valence-corrected chi connectivity index (χ2v) is 6.86. The van der Waals surface area contributed by atoms with E-state index < -0.39 is 11.6 Å². The molecule has 0 fully saturated rings. The molecule has 0 atom stereocenters. The van der Waals surface area contributed by atoms with Crippen LogP contribution in [0.3, 0.4) is 0 Å². The number of nitrogens with two attached hydrogens (primary N) is 1. The second-order valence-electron chi connectivity index (χ2n) is 6.02. The molecule has 0 aliphatic heterocycles. The molecule has 146 valence electrons. The Bertz CT molecular complexity index is 1330. The number of carbonyl (C=O) groups is 1. The Kier molecular flexibility index (Phi) is 4.73. The zero-order valence-electron chi connectivity index (χ0n) is 14.9. The summed E-state index contributed by atoms with van der Waals surface area (Å²) in [4.78, 5) is 36.1. The number of fused-ring (bicyclic) bond motifs is 1. The molecule has 2 aromatic heterocycles. The maximum atomic E-state index is 12.7. The van der Waals surface area contributed by atoms with Gasteiger partial charge in [0.25, 0.3) is 5.91 Å². The molecule has 0 spiro atoms. The van der Waals surface area contributed by atoms with Gasteiger partial charge in [-0.05, 0) is 30.3 Å². The molecule has 2 heterocycles. The van der Waals surface area contributed by atoms with E-state index in [0.717, 1.165) is 0 Å². The molecule has 29 heavy (non-hydrogen) atoms. The molecule has 0 radical (unpaired) electrons. The highest BCUT2D eigenvalue weighted by Crippen LogP contribution is 2.30. The van der Waals surface area contributed by atoms with Crippen molar-refractivity contribution in [2.75, 3.05) is 7.11 Å². The van der Waals surface area contributed by atoms with Crippen molar-refractivity contribution in [1.29, 1.82) is 0 Å². The van der Waals surface area contributed by atoms with E-state index in [0.29, 0.717) is 22.0 Å². The number of nitrogens with one attached hydrogen (secondary N) is 1. The number of carbonyl (C=O) groups excluding carboxylic acids is 1. The molecule has 0 aliphatic carbocycles. The van der Waals surface area contributed by atoms with Crippen LogP contribution in [0.1, 0.15) is 10.5 Å². The zero-order chi connectivity index (χ0) is 20.7. The predicted molar refractivity (Wildman–Crippen MR) is 110 cm³/mol. The number of methoxy groups -OCH3 is 1. The van der Waals surface area contributed by atoms with Crippen LogP contribution in [0, 0.1) is 0 Å². The van der Waals surface area contributed by atoms with E-state index in [-0.39, 0.29) is 27.7 Å². The molecule has 3 N–H and O–H groups in total. The highest BCUT2D eigenvalue weighted by molar-refractivity contribution is 6.36. The normalized spacial score (nSPS) is 11.0. The van der Waals surface area contributed by atoms with Crippen molar-refractivity contribution in [3.05, 3.63) is 68.7 Å². The van der Waals surface area contributed by atoms with Crippen molar-refractivity contribution in [3.63, 3.8) is 0 Å². The Morgan fingerprint density at radius 2 is 1.93 bits per heavy atom. The summed E-state index contributed by atoms with van der Waals surface area (Å²) in [7, 11) is 1.49. The van der Waals surface area contributed by atoms with Gasteiger partial charge in [0.1, 0.15) is 11.3 Å². The quantitative estimate of drug-likeness (QED) is 0.516. The average molecular weight is 430 g/mol. The zero-order valence-corrected chi connectivity index (χ0v) is 16.5. The van der Waals surface area contributed by atoms with Gasteiger partial charge in [-0.3, -0.25) is 4.79 Å². The second kappa shape index (κ2) is 7.23. The summed E-state index contributed by atoms with van der Waals surface area (Å²) < 4.78 is 6.64. The molecule has 0 aliphatic rings. The lowest BCUT2D eigenvalue weighted by molar-refractivity contribution is 0.0997. The molecule has 1 amide bonds. The number of hydrogen-bond donors (Lipinski definition) is 2. The minimum Gasteiger partial charge on any atom is -0.495 e. The molecule has 8 nitrogen and oxygen atoms in total. The van der Waals surface area contributed by atoms with Crippen LogP contribution in [-0.4, -0.2) is 32.5 Å². The van der Waals surface area contributed by atoms with Crippen LogP contribution < -0.4 is 16.2 Å². The van der Waals surface area contributed by atoms with Crippen molar-refractivity contribution >= 4 is 40.3 Å². The number of imidazole rings is 1. The first-order valence-electron chi connectivity index (χ1n) is 8.32.